The van der Waals surface area contributed by atoms with Crippen LogP contribution in [0.5, 0.6) is 5.88 Å². The SMILES string of the molecule is COc1ncnc(C2CC2)c1-c1nc2c3c(nn(Cc4ccc(-c5nc(C(F)(F)F)cn5C(C)C)cc4)c3n1)CCCC2. The fourth-order valence-corrected chi connectivity index (χ4v) is 5.87. The fraction of sp³-hybridized carbons (Fsp3) is 0.419. The highest BCUT2D eigenvalue weighted by Crippen LogP contribution is 2.45. The van der Waals surface area contributed by atoms with Crippen molar-refractivity contribution >= 4 is 11.0 Å². The van der Waals surface area contributed by atoms with E-state index in [-0.39, 0.29) is 11.9 Å². The second-order valence-corrected chi connectivity index (χ2v) is 11.6. The normalized spacial score (nSPS) is 15.3. The van der Waals surface area contributed by atoms with E-state index in [0.717, 1.165) is 84.0 Å². The zero-order chi connectivity index (χ0) is 29.9. The van der Waals surface area contributed by atoms with Gasteiger partial charge in [0.2, 0.25) is 5.88 Å². The molecule has 4 aromatic heterocycles. The summed E-state index contributed by atoms with van der Waals surface area (Å²) in [6, 6.07) is 7.26. The van der Waals surface area contributed by atoms with Crippen LogP contribution in [0.4, 0.5) is 13.2 Å². The van der Waals surface area contributed by atoms with Crippen LogP contribution in [0, 0.1) is 0 Å². The molecular formula is C31H31F3N8O. The molecule has 1 fully saturated rings. The van der Waals surface area contributed by atoms with E-state index in [9.17, 15) is 13.2 Å². The summed E-state index contributed by atoms with van der Waals surface area (Å²) in [6.45, 7) is 4.12. The van der Waals surface area contributed by atoms with Crippen LogP contribution < -0.4 is 4.74 Å². The smallest absolute Gasteiger partial charge is 0.434 e. The van der Waals surface area contributed by atoms with Gasteiger partial charge in [-0.3, -0.25) is 0 Å². The van der Waals surface area contributed by atoms with E-state index < -0.39 is 11.9 Å². The monoisotopic (exact) mass is 588 g/mol. The summed E-state index contributed by atoms with van der Waals surface area (Å²) in [6.07, 6.45) is 3.94. The van der Waals surface area contributed by atoms with E-state index in [1.807, 2.05) is 42.8 Å². The summed E-state index contributed by atoms with van der Waals surface area (Å²) in [7, 11) is 1.60. The maximum Gasteiger partial charge on any atom is 0.434 e. The first-order valence-corrected chi connectivity index (χ1v) is 14.6. The number of nitrogens with zero attached hydrogens (tertiary/aromatic N) is 8. The number of alkyl halides is 3. The molecule has 0 amide bonds. The van der Waals surface area contributed by atoms with E-state index in [4.69, 9.17) is 19.8 Å². The molecule has 0 N–H and O–H groups in total. The minimum absolute atomic E-state index is 0.178. The highest BCUT2D eigenvalue weighted by molar-refractivity contribution is 5.84. The van der Waals surface area contributed by atoms with Crippen molar-refractivity contribution < 1.29 is 17.9 Å². The number of ether oxygens (including phenoxy) is 1. The number of benzene rings is 1. The molecule has 2 aliphatic carbocycles. The summed E-state index contributed by atoms with van der Waals surface area (Å²) >= 11 is 0. The van der Waals surface area contributed by atoms with E-state index in [1.165, 1.54) is 6.33 Å². The molecule has 12 heteroatoms. The maximum atomic E-state index is 13.4. The molecule has 0 saturated heterocycles. The highest BCUT2D eigenvalue weighted by Gasteiger charge is 2.35. The van der Waals surface area contributed by atoms with Crippen molar-refractivity contribution in [1.29, 1.82) is 0 Å². The molecule has 0 atom stereocenters. The number of methoxy groups -OCH3 is 1. The first kappa shape index (κ1) is 27.5. The predicted molar refractivity (Wildman–Crippen MR) is 154 cm³/mol. The lowest BCUT2D eigenvalue weighted by molar-refractivity contribution is -0.140. The Morgan fingerprint density at radius 3 is 2.40 bits per heavy atom. The molecule has 222 valence electrons. The standard InChI is InChI=1S/C31H31F3N8O/c1-17(2)41-15-23(31(32,33)34)38-28(41)20-10-8-18(9-11-20)14-42-29-24-21(6-4-5-7-22(24)40-42)37-27(39-29)25-26(19-12-13-19)35-16-36-30(25)43-3/h8-11,15-17,19H,4-7,12-14H2,1-3H3. The minimum atomic E-state index is -4.51. The van der Waals surface area contributed by atoms with Gasteiger partial charge in [0, 0.05) is 23.7 Å². The highest BCUT2D eigenvalue weighted by atomic mass is 19.4. The first-order valence-electron chi connectivity index (χ1n) is 14.6. The van der Waals surface area contributed by atoms with Crippen molar-refractivity contribution in [2.75, 3.05) is 7.11 Å². The minimum Gasteiger partial charge on any atom is -0.480 e. The Bertz CT molecular complexity index is 1820. The van der Waals surface area contributed by atoms with Crippen LogP contribution in [0.3, 0.4) is 0 Å². The van der Waals surface area contributed by atoms with Crippen LogP contribution in [-0.2, 0) is 25.6 Å². The molecule has 0 aliphatic heterocycles. The molecule has 1 saturated carbocycles. The summed E-state index contributed by atoms with van der Waals surface area (Å²) in [5, 5.41) is 5.98. The van der Waals surface area contributed by atoms with Crippen LogP contribution >= 0.6 is 0 Å². The van der Waals surface area contributed by atoms with Crippen LogP contribution in [0.2, 0.25) is 0 Å². The van der Waals surface area contributed by atoms with E-state index in [1.54, 1.807) is 11.7 Å². The fourth-order valence-electron chi connectivity index (χ4n) is 5.87. The Kier molecular flexibility index (Phi) is 6.66. The number of halogens is 3. The van der Waals surface area contributed by atoms with Crippen LogP contribution in [0.1, 0.15) is 79.8 Å². The quantitative estimate of drug-likeness (QED) is 0.212. The largest absolute Gasteiger partial charge is 0.480 e. The average Bonchev–Trinajstić information content (AvgIpc) is 3.68. The second-order valence-electron chi connectivity index (χ2n) is 11.6. The summed E-state index contributed by atoms with van der Waals surface area (Å²) in [4.78, 5) is 23.0. The van der Waals surface area contributed by atoms with Gasteiger partial charge in [-0.1, -0.05) is 24.3 Å². The van der Waals surface area contributed by atoms with Gasteiger partial charge < -0.3 is 9.30 Å². The van der Waals surface area contributed by atoms with Gasteiger partial charge in [-0.25, -0.2) is 29.6 Å². The van der Waals surface area contributed by atoms with E-state index in [2.05, 4.69) is 15.0 Å². The summed E-state index contributed by atoms with van der Waals surface area (Å²) in [5.74, 6) is 1.65. The molecule has 7 rings (SSSR count). The van der Waals surface area contributed by atoms with Crippen molar-refractivity contribution in [1.82, 2.24) is 39.3 Å². The van der Waals surface area contributed by atoms with Crippen LogP contribution in [0.25, 0.3) is 33.8 Å². The van der Waals surface area contributed by atoms with Crippen molar-refractivity contribution in [3.8, 4) is 28.7 Å². The third-order valence-corrected chi connectivity index (χ3v) is 8.16. The van der Waals surface area contributed by atoms with Gasteiger partial charge in [0.15, 0.2) is 17.2 Å². The molecule has 2 aliphatic rings. The average molecular weight is 589 g/mol. The lowest BCUT2D eigenvalue weighted by Gasteiger charge is -2.13. The number of hydrogen-bond donors (Lipinski definition) is 0. The first-order chi connectivity index (χ1) is 20.7. The topological polar surface area (TPSA) is 96.4 Å². The molecule has 0 radical (unpaired) electrons. The Hall–Kier alpha value is -4.35. The molecule has 43 heavy (non-hydrogen) atoms. The molecular weight excluding hydrogens is 557 g/mol. The third kappa shape index (κ3) is 5.02. The van der Waals surface area contributed by atoms with Gasteiger partial charge in [0.05, 0.1) is 36.1 Å². The summed E-state index contributed by atoms with van der Waals surface area (Å²) in [5.41, 5.74) is 5.04. The van der Waals surface area contributed by atoms with Gasteiger partial charge in [0.1, 0.15) is 17.7 Å². The molecule has 4 heterocycles. The maximum absolute atomic E-state index is 13.4. The number of aromatic nitrogens is 8. The van der Waals surface area contributed by atoms with Crippen molar-refractivity contribution in [2.45, 2.75) is 77.1 Å². The number of aryl methyl sites for hydroxylation is 2. The predicted octanol–water partition coefficient (Wildman–Crippen LogP) is 6.56. The molecule has 0 unspecified atom stereocenters. The lowest BCUT2D eigenvalue weighted by Crippen LogP contribution is -2.07. The van der Waals surface area contributed by atoms with Crippen LogP contribution in [-0.4, -0.2) is 46.4 Å². The van der Waals surface area contributed by atoms with Crippen molar-refractivity contribution in [2.24, 2.45) is 0 Å². The zero-order valence-electron chi connectivity index (χ0n) is 24.2. The van der Waals surface area contributed by atoms with Gasteiger partial charge in [0.25, 0.3) is 0 Å². The third-order valence-electron chi connectivity index (χ3n) is 8.16. The number of imidazole rings is 1. The van der Waals surface area contributed by atoms with Gasteiger partial charge in [-0.2, -0.15) is 18.3 Å². The number of rotatable bonds is 7. The van der Waals surface area contributed by atoms with Crippen molar-refractivity contribution in [3.05, 3.63) is 65.1 Å². The van der Waals surface area contributed by atoms with E-state index >= 15 is 0 Å². The molecule has 5 aromatic rings. The Labute approximate surface area is 246 Å². The summed E-state index contributed by atoms with van der Waals surface area (Å²) < 4.78 is 49.4. The van der Waals surface area contributed by atoms with Crippen molar-refractivity contribution in [3.63, 3.8) is 0 Å². The van der Waals surface area contributed by atoms with Gasteiger partial charge in [-0.05, 0) is 57.9 Å². The van der Waals surface area contributed by atoms with Crippen LogP contribution in [0.15, 0.2) is 36.8 Å². The Morgan fingerprint density at radius 1 is 0.977 bits per heavy atom. The van der Waals surface area contributed by atoms with Gasteiger partial charge in [-0.15, -0.1) is 0 Å². The molecule has 0 spiro atoms. The molecule has 9 nitrogen and oxygen atoms in total. The second kappa shape index (κ2) is 10.4. The Morgan fingerprint density at radius 2 is 1.72 bits per heavy atom. The zero-order valence-corrected chi connectivity index (χ0v) is 24.2. The molecule has 0 bridgehead atoms. The number of hydrogen-bond acceptors (Lipinski definition) is 7. The molecule has 1 aromatic carbocycles. The van der Waals surface area contributed by atoms with Gasteiger partial charge >= 0.3 is 6.18 Å². The Balaban J connectivity index is 1.28. The van der Waals surface area contributed by atoms with E-state index in [0.29, 0.717) is 29.7 Å². The lowest BCUT2D eigenvalue weighted by atomic mass is 10.1.